The zero-order chi connectivity index (χ0) is 28.2. The molecule has 14 heteroatoms. The predicted molar refractivity (Wildman–Crippen MR) is 142 cm³/mol. The van der Waals surface area contributed by atoms with Crippen LogP contribution in [0.1, 0.15) is 17.4 Å². The summed E-state index contributed by atoms with van der Waals surface area (Å²) in [6, 6.07) is 8.59. The van der Waals surface area contributed by atoms with Crippen LogP contribution in [0.15, 0.2) is 53.3 Å². The molecule has 0 saturated heterocycles. The van der Waals surface area contributed by atoms with Crippen molar-refractivity contribution in [1.82, 2.24) is 19.3 Å². The highest BCUT2D eigenvalue weighted by atomic mass is 35.5. The summed E-state index contributed by atoms with van der Waals surface area (Å²) in [6.45, 7) is 0. The monoisotopic (exact) mass is 576 g/mol. The van der Waals surface area contributed by atoms with Crippen molar-refractivity contribution in [3.05, 3.63) is 92.7 Å². The van der Waals surface area contributed by atoms with Crippen LogP contribution in [0.2, 0.25) is 5.02 Å². The minimum Gasteiger partial charge on any atom is -0.321 e. The number of hydrogen-bond acceptors (Lipinski definition) is 6. The highest BCUT2D eigenvalue weighted by Crippen LogP contribution is 2.35. The summed E-state index contributed by atoms with van der Waals surface area (Å²) >= 11 is 6.42. The third-order valence-corrected chi connectivity index (χ3v) is 6.90. The number of halogens is 4. The number of rotatable bonds is 6. The molecular weight excluding hydrogens is 557 g/mol. The SMILES string of the molecule is Cn1nc(NS(C)(=O)=O)c2c(Cl)ccc(-n3c(C(N)Cc4cc(F)cc(F)c4)nc4c(F)cccc4c3=O)c21. The van der Waals surface area contributed by atoms with Crippen molar-refractivity contribution in [1.29, 1.82) is 0 Å². The van der Waals surface area contributed by atoms with Crippen LogP contribution < -0.4 is 16.0 Å². The lowest BCUT2D eigenvalue weighted by Gasteiger charge is -2.20. The van der Waals surface area contributed by atoms with Gasteiger partial charge in [-0.2, -0.15) is 5.10 Å². The number of sulfonamides is 1. The molecule has 5 aromatic rings. The number of nitrogens with zero attached hydrogens (tertiary/aromatic N) is 4. The fourth-order valence-corrected chi connectivity index (χ4v) is 5.27. The quantitative estimate of drug-likeness (QED) is 0.315. The average Bonchev–Trinajstić information content (AvgIpc) is 3.14. The van der Waals surface area contributed by atoms with Crippen molar-refractivity contribution in [3.63, 3.8) is 0 Å². The van der Waals surface area contributed by atoms with E-state index < -0.39 is 39.1 Å². The number of para-hydroxylation sites is 1. The van der Waals surface area contributed by atoms with E-state index in [0.29, 0.717) is 6.07 Å². The second-order valence-electron chi connectivity index (χ2n) is 8.97. The number of fused-ring (bicyclic) bond motifs is 2. The number of aromatic nitrogens is 4. The zero-order valence-electron chi connectivity index (χ0n) is 20.4. The molecule has 2 aromatic heterocycles. The van der Waals surface area contributed by atoms with Crippen molar-refractivity contribution in [2.75, 3.05) is 11.0 Å². The van der Waals surface area contributed by atoms with Crippen molar-refractivity contribution in [2.45, 2.75) is 12.5 Å². The number of hydrogen-bond donors (Lipinski definition) is 2. The minimum absolute atomic E-state index is 0.0532. The van der Waals surface area contributed by atoms with Crippen molar-refractivity contribution >= 4 is 49.2 Å². The third kappa shape index (κ3) is 4.95. The van der Waals surface area contributed by atoms with Crippen LogP contribution in [-0.2, 0) is 23.5 Å². The lowest BCUT2D eigenvalue weighted by atomic mass is 10.0. The van der Waals surface area contributed by atoms with Crippen LogP contribution in [0.4, 0.5) is 19.0 Å². The van der Waals surface area contributed by atoms with Crippen LogP contribution in [0.3, 0.4) is 0 Å². The maximum atomic E-state index is 14.8. The fraction of sp³-hybridized carbons (Fsp3) is 0.160. The molecular formula is C25H20ClF3N6O3S. The molecule has 39 heavy (non-hydrogen) atoms. The summed E-state index contributed by atoms with van der Waals surface area (Å²) in [5.74, 6) is -2.57. The topological polar surface area (TPSA) is 125 Å². The van der Waals surface area contributed by atoms with Gasteiger partial charge in [-0.1, -0.05) is 17.7 Å². The molecule has 0 radical (unpaired) electrons. The molecule has 0 spiro atoms. The highest BCUT2D eigenvalue weighted by molar-refractivity contribution is 7.92. The Kier molecular flexibility index (Phi) is 6.61. The van der Waals surface area contributed by atoms with Crippen LogP contribution in [0.5, 0.6) is 0 Å². The van der Waals surface area contributed by atoms with Crippen LogP contribution in [0, 0.1) is 17.5 Å². The summed E-state index contributed by atoms with van der Waals surface area (Å²) in [5.41, 5.74) is 6.14. The van der Waals surface area contributed by atoms with E-state index in [2.05, 4.69) is 14.8 Å². The highest BCUT2D eigenvalue weighted by Gasteiger charge is 2.25. The Morgan fingerprint density at radius 2 is 1.79 bits per heavy atom. The van der Waals surface area contributed by atoms with Gasteiger partial charge in [-0.3, -0.25) is 18.8 Å². The van der Waals surface area contributed by atoms with E-state index in [1.54, 1.807) is 0 Å². The van der Waals surface area contributed by atoms with Gasteiger partial charge >= 0.3 is 0 Å². The van der Waals surface area contributed by atoms with E-state index in [1.165, 1.54) is 36.0 Å². The molecule has 202 valence electrons. The van der Waals surface area contributed by atoms with Gasteiger partial charge in [-0.05, 0) is 48.4 Å². The van der Waals surface area contributed by atoms with Gasteiger partial charge < -0.3 is 5.73 Å². The largest absolute Gasteiger partial charge is 0.321 e. The zero-order valence-corrected chi connectivity index (χ0v) is 22.0. The molecule has 0 saturated carbocycles. The van der Waals surface area contributed by atoms with E-state index in [1.807, 2.05) is 0 Å². The summed E-state index contributed by atoms with van der Waals surface area (Å²) in [4.78, 5) is 18.2. The summed E-state index contributed by atoms with van der Waals surface area (Å²) < 4.78 is 71.1. The summed E-state index contributed by atoms with van der Waals surface area (Å²) in [7, 11) is -2.23. The molecule has 0 aliphatic carbocycles. The van der Waals surface area contributed by atoms with Crippen LogP contribution in [-0.4, -0.2) is 34.0 Å². The minimum atomic E-state index is -3.74. The van der Waals surface area contributed by atoms with Gasteiger partial charge in [0, 0.05) is 13.1 Å². The molecule has 0 aliphatic rings. The van der Waals surface area contributed by atoms with E-state index in [-0.39, 0.29) is 56.1 Å². The molecule has 3 N–H and O–H groups in total. The van der Waals surface area contributed by atoms with Crippen LogP contribution >= 0.6 is 11.6 Å². The first kappa shape index (κ1) is 26.7. The van der Waals surface area contributed by atoms with Gasteiger partial charge in [0.1, 0.15) is 28.8 Å². The number of anilines is 1. The molecule has 0 fully saturated rings. The Morgan fingerprint density at radius 3 is 2.46 bits per heavy atom. The van der Waals surface area contributed by atoms with Gasteiger partial charge in [0.2, 0.25) is 10.0 Å². The molecule has 5 rings (SSSR count). The Balaban J connectivity index is 1.82. The third-order valence-electron chi connectivity index (χ3n) is 6.02. The van der Waals surface area contributed by atoms with Gasteiger partial charge in [-0.25, -0.2) is 26.6 Å². The second-order valence-corrected chi connectivity index (χ2v) is 11.1. The molecule has 1 atom stereocenters. The molecule has 2 heterocycles. The average molecular weight is 577 g/mol. The predicted octanol–water partition coefficient (Wildman–Crippen LogP) is 3.96. The maximum absolute atomic E-state index is 14.8. The smallest absolute Gasteiger partial charge is 0.266 e. The lowest BCUT2D eigenvalue weighted by molar-refractivity contribution is 0.572. The van der Waals surface area contributed by atoms with E-state index in [0.717, 1.165) is 29.0 Å². The summed E-state index contributed by atoms with van der Waals surface area (Å²) in [6.07, 6.45) is 0.800. The number of aryl methyl sites for hydroxylation is 1. The summed E-state index contributed by atoms with van der Waals surface area (Å²) in [5, 5.41) is 4.50. The fourth-order valence-electron chi connectivity index (χ4n) is 4.53. The number of nitrogens with two attached hydrogens (primary N) is 1. The Morgan fingerprint density at radius 1 is 1.10 bits per heavy atom. The Labute approximate surface area is 224 Å². The first-order valence-corrected chi connectivity index (χ1v) is 13.7. The molecule has 0 aliphatic heterocycles. The van der Waals surface area contributed by atoms with Crippen molar-refractivity contribution < 1.29 is 21.6 Å². The first-order valence-electron chi connectivity index (χ1n) is 11.4. The van der Waals surface area contributed by atoms with Crippen molar-refractivity contribution in [3.8, 4) is 5.69 Å². The number of benzene rings is 3. The molecule has 3 aromatic carbocycles. The molecule has 9 nitrogen and oxygen atoms in total. The van der Waals surface area contributed by atoms with Gasteiger partial charge in [0.05, 0.1) is 39.3 Å². The maximum Gasteiger partial charge on any atom is 0.266 e. The van der Waals surface area contributed by atoms with E-state index in [4.69, 9.17) is 17.3 Å². The Bertz CT molecular complexity index is 1940. The normalized spacial score (nSPS) is 12.8. The molecule has 0 bridgehead atoms. The van der Waals surface area contributed by atoms with Crippen molar-refractivity contribution in [2.24, 2.45) is 12.8 Å². The van der Waals surface area contributed by atoms with Gasteiger partial charge in [0.25, 0.3) is 5.56 Å². The molecule has 0 amide bonds. The standard InChI is InChI=1S/C25H20ClF3N6O3S/c1-34-22-19(7-6-16(26)20(22)23(32-34)33-39(2,37)38)35-24(18(30)10-12-8-13(27)11-14(28)9-12)31-21-15(25(35)36)4-3-5-17(21)29/h3-9,11,18H,10,30H2,1-2H3,(H,32,33). The van der Waals surface area contributed by atoms with Gasteiger partial charge in [-0.15, -0.1) is 0 Å². The van der Waals surface area contributed by atoms with Gasteiger partial charge in [0.15, 0.2) is 5.82 Å². The Hall–Kier alpha value is -3.94. The lowest BCUT2D eigenvalue weighted by Crippen LogP contribution is -2.30. The van der Waals surface area contributed by atoms with Crippen LogP contribution in [0.25, 0.3) is 27.5 Å². The number of nitrogens with one attached hydrogen (secondary N) is 1. The van der Waals surface area contributed by atoms with E-state index in [9.17, 15) is 26.4 Å². The van der Waals surface area contributed by atoms with E-state index >= 15 is 0 Å². The first-order chi connectivity index (χ1) is 18.3. The second kappa shape index (κ2) is 9.67. The molecule has 1 unspecified atom stereocenters.